The molecule has 0 fully saturated rings. The van der Waals surface area contributed by atoms with Crippen LogP contribution in [0.5, 0.6) is 17.2 Å². The lowest BCUT2D eigenvalue weighted by Gasteiger charge is -2.28. The predicted octanol–water partition coefficient (Wildman–Crippen LogP) is 11.4. The van der Waals surface area contributed by atoms with Crippen LogP contribution in [0, 0.1) is 0 Å². The van der Waals surface area contributed by atoms with Crippen LogP contribution in [0.2, 0.25) is 0 Å². The van der Waals surface area contributed by atoms with E-state index in [1.54, 1.807) is 133 Å². The molecule has 460 valence electrons. The minimum Gasteiger partial charge on any atom is -0.410 e. The van der Waals surface area contributed by atoms with Crippen molar-refractivity contribution in [3.8, 4) is 17.2 Å². The molecule has 8 aromatic rings. The van der Waals surface area contributed by atoms with Crippen molar-refractivity contribution in [2.24, 2.45) is 0 Å². The van der Waals surface area contributed by atoms with E-state index in [1.807, 2.05) is 72.8 Å². The molecule has 6 heterocycles. The van der Waals surface area contributed by atoms with Gasteiger partial charge < -0.3 is 57.8 Å². The van der Waals surface area contributed by atoms with E-state index in [0.29, 0.717) is 52.8 Å². The number of aldehydes is 1. The van der Waals surface area contributed by atoms with Gasteiger partial charge in [-0.3, -0.25) is 19.5 Å². The third-order valence-electron chi connectivity index (χ3n) is 12.6. The quantitative estimate of drug-likeness (QED) is 0.0408. The summed E-state index contributed by atoms with van der Waals surface area (Å²) < 4.78 is 55.7. The number of Topliss-reactive ketones (excluding diaryl/α,β-unsaturated/α-hetero) is 1. The van der Waals surface area contributed by atoms with Gasteiger partial charge in [-0.2, -0.15) is 0 Å². The highest BCUT2D eigenvalue weighted by Gasteiger charge is 2.27. The average molecular weight is 1190 g/mol. The Labute approximate surface area is 506 Å². The first-order valence-electron chi connectivity index (χ1n) is 27.5. The number of pyridine rings is 5. The van der Waals surface area contributed by atoms with Crippen molar-refractivity contribution < 1.29 is 71.3 Å². The topological polar surface area (TPSA) is 264 Å². The van der Waals surface area contributed by atoms with E-state index in [2.05, 4.69) is 40.5 Å². The number of nitrogen functional groups attached to an aromatic ring is 1. The van der Waals surface area contributed by atoms with Gasteiger partial charge in [-0.1, -0.05) is 66.7 Å². The Hall–Kier alpha value is -8.97. The van der Waals surface area contributed by atoms with Gasteiger partial charge in [0, 0.05) is 86.9 Å². The number of carbonyl (C=O) groups excluding carboxylic acids is 4. The maximum atomic E-state index is 12.6. The van der Waals surface area contributed by atoms with Crippen molar-refractivity contribution in [3.63, 3.8) is 0 Å². The Bertz CT molecular complexity index is 3270. The number of aryl methyl sites for hydroxylation is 3. The van der Waals surface area contributed by atoms with Crippen LogP contribution in [0.25, 0.3) is 11.0 Å². The number of ketones is 1. The third-order valence-corrected chi connectivity index (χ3v) is 12.6. The van der Waals surface area contributed by atoms with Gasteiger partial charge in [0.1, 0.15) is 28.9 Å². The van der Waals surface area contributed by atoms with Crippen LogP contribution in [0.15, 0.2) is 164 Å². The predicted molar refractivity (Wildman–Crippen MR) is 325 cm³/mol. The molecule has 10 rings (SSSR count). The van der Waals surface area contributed by atoms with Gasteiger partial charge in [0.2, 0.25) is 25.2 Å². The summed E-state index contributed by atoms with van der Waals surface area (Å²) in [5, 5.41) is 1.01. The maximum absolute atomic E-state index is 12.6. The fraction of sp³-hybridized carbons (Fsp3) is 0.308. The largest absolute Gasteiger partial charge is 0.519 e. The monoisotopic (exact) mass is 1190 g/mol. The van der Waals surface area contributed by atoms with Crippen LogP contribution >= 0.6 is 0 Å². The summed E-state index contributed by atoms with van der Waals surface area (Å²) in [5.41, 5.74) is 12.3. The number of anilines is 2. The molecular formula is C65H75N7O15. The Morgan fingerprint density at radius 2 is 0.966 bits per heavy atom. The number of ether oxygens (including phenoxy) is 11. The first-order valence-corrected chi connectivity index (χ1v) is 27.5. The lowest BCUT2D eigenvalue weighted by Crippen LogP contribution is -2.38. The van der Waals surface area contributed by atoms with Crippen LogP contribution in [0.1, 0.15) is 89.3 Å². The van der Waals surface area contributed by atoms with Crippen LogP contribution < -0.4 is 24.8 Å². The van der Waals surface area contributed by atoms with Gasteiger partial charge in [-0.05, 0) is 142 Å². The molecule has 2 N–H and O–H groups in total. The number of rotatable bonds is 16. The molecule has 87 heavy (non-hydrogen) atoms. The number of carbonyl (C=O) groups is 4. The van der Waals surface area contributed by atoms with E-state index < -0.39 is 31.1 Å². The van der Waals surface area contributed by atoms with E-state index in [-0.39, 0.29) is 17.9 Å². The molecule has 22 nitrogen and oxygen atoms in total. The number of hydrogen-bond acceptors (Lipinski definition) is 21. The molecular weight excluding hydrogens is 1120 g/mol. The zero-order valence-corrected chi connectivity index (χ0v) is 50.3. The molecule has 2 aliphatic rings. The normalized spacial score (nSPS) is 11.9. The van der Waals surface area contributed by atoms with Crippen molar-refractivity contribution in [1.82, 2.24) is 24.9 Å². The number of benzene rings is 3. The fourth-order valence-electron chi connectivity index (χ4n) is 8.40. The molecule has 1 aliphatic heterocycles. The van der Waals surface area contributed by atoms with Crippen molar-refractivity contribution >= 4 is 47.0 Å². The fourth-order valence-corrected chi connectivity index (χ4v) is 8.40. The van der Waals surface area contributed by atoms with Crippen LogP contribution in [-0.2, 0) is 62.0 Å². The second kappa shape index (κ2) is 38.2. The Kier molecular flexibility index (Phi) is 30.2. The number of para-hydroxylation sites is 3. The number of methoxy groups -OCH3 is 8. The summed E-state index contributed by atoms with van der Waals surface area (Å²) in [4.78, 5) is 67.3. The molecule has 0 unspecified atom stereocenters. The van der Waals surface area contributed by atoms with Gasteiger partial charge in [0.15, 0.2) is 17.7 Å². The first-order chi connectivity index (χ1) is 42.3. The molecule has 3 aromatic carbocycles. The maximum Gasteiger partial charge on any atom is 0.519 e. The molecule has 0 saturated heterocycles. The average Bonchev–Trinajstić information content (AvgIpc) is 3.04. The highest BCUT2D eigenvalue weighted by Crippen LogP contribution is 2.29. The summed E-state index contributed by atoms with van der Waals surface area (Å²) >= 11 is 0. The summed E-state index contributed by atoms with van der Waals surface area (Å²) in [7, 11) is 12.4. The van der Waals surface area contributed by atoms with Gasteiger partial charge in [-0.15, -0.1) is 0 Å². The summed E-state index contributed by atoms with van der Waals surface area (Å²) in [6, 6.07) is 45.5. The Morgan fingerprint density at radius 1 is 0.494 bits per heavy atom. The molecule has 22 heteroatoms. The number of nitrogens with zero attached hydrogens (tertiary/aromatic N) is 6. The summed E-state index contributed by atoms with van der Waals surface area (Å²) in [6.45, 7) is 1.98. The lowest BCUT2D eigenvalue weighted by atomic mass is 9.96. The minimum absolute atomic E-state index is 0.116. The molecule has 1 amide bonds. The molecule has 0 bridgehead atoms. The minimum atomic E-state index is -0.739. The van der Waals surface area contributed by atoms with E-state index in [0.717, 1.165) is 48.0 Å². The number of nitrogens with two attached hydrogens (primary N) is 1. The molecule has 0 saturated carbocycles. The number of hydrogen-bond donors (Lipinski definition) is 1. The van der Waals surface area contributed by atoms with Gasteiger partial charge >= 0.3 is 12.2 Å². The standard InChI is InChI=1S/C18H20N2O4.C13H10O3.C12H17NO2.C11H12N2O2.C6H6N2O.C5H10O3/c1-22-17(23-2)15-11-10-13-7-6-12-20(16(13)19-15)18(21)24-14-8-4-3-5-9-14;14-13(15-11-7-3-1-4-8-11)16-12-9-5-2-6-10-12;1-14-12(15-2)11-8-7-9-5-3-4-6-10(9)13-11;1-14-11(15-2)9-6-5-8-4-3-7-12-10(8)13-9;7-6-5(4-9)2-1-3-8-6;1-4(6)5(7-2)8-3/h3-5,8-11,17H,6-7,12H2,1-2H3;1-10H;7-8,12H,3-6H2,1-2H3;3-7,11H,1-2H3;1-4H,(H2,7,8);5H,1-3H3. The highest BCUT2D eigenvalue weighted by atomic mass is 16.7. The molecule has 0 atom stereocenters. The second-order valence-corrected chi connectivity index (χ2v) is 18.5. The molecule has 5 aromatic heterocycles. The van der Waals surface area contributed by atoms with Crippen molar-refractivity contribution in [1.29, 1.82) is 0 Å². The number of aromatic nitrogens is 5. The van der Waals surface area contributed by atoms with Crippen molar-refractivity contribution in [2.75, 3.05) is 74.1 Å². The summed E-state index contributed by atoms with van der Waals surface area (Å²) in [5.74, 6) is 2.21. The molecule has 0 spiro atoms. The third kappa shape index (κ3) is 22.4. The molecule has 0 radical (unpaired) electrons. The van der Waals surface area contributed by atoms with E-state index in [1.165, 1.54) is 45.2 Å². The smallest absolute Gasteiger partial charge is 0.410 e. The van der Waals surface area contributed by atoms with Gasteiger partial charge in [0.25, 0.3) is 0 Å². The molecule has 1 aliphatic carbocycles. The number of fused-ring (bicyclic) bond motifs is 3. The van der Waals surface area contributed by atoms with Crippen molar-refractivity contribution in [2.45, 2.75) is 70.6 Å². The SMILES string of the molecule is COC(OC)C(C)=O.COC(OC)c1ccc2c(n1)CCCC2.COC(OC)c1ccc2c(n1)N(C(=O)Oc1ccccc1)CCC2.COC(OC)c1ccc2cccnc2n1.Nc1ncccc1C=O.O=C(Oc1ccccc1)Oc1ccccc1. The van der Waals surface area contributed by atoms with Crippen LogP contribution in [0.3, 0.4) is 0 Å². The summed E-state index contributed by atoms with van der Waals surface area (Å²) in [6.07, 6.45) is 7.27. The van der Waals surface area contributed by atoms with Gasteiger partial charge in [-0.25, -0.2) is 29.5 Å². The lowest BCUT2D eigenvalue weighted by molar-refractivity contribution is -0.154. The number of amides is 1. The van der Waals surface area contributed by atoms with Crippen LogP contribution in [-0.4, -0.2) is 119 Å². The first kappa shape index (κ1) is 68.8. The zero-order valence-electron chi connectivity index (χ0n) is 50.3. The van der Waals surface area contributed by atoms with E-state index in [4.69, 9.17) is 48.4 Å². The zero-order chi connectivity index (χ0) is 62.8. The van der Waals surface area contributed by atoms with Crippen molar-refractivity contribution in [3.05, 3.63) is 204 Å². The second-order valence-electron chi connectivity index (χ2n) is 18.5. The Balaban J connectivity index is 0.000000197. The van der Waals surface area contributed by atoms with E-state index in [9.17, 15) is 19.2 Å². The van der Waals surface area contributed by atoms with E-state index >= 15 is 0 Å². The van der Waals surface area contributed by atoms with Gasteiger partial charge in [0.05, 0.1) is 22.6 Å². The highest BCUT2D eigenvalue weighted by molar-refractivity contribution is 5.89. The van der Waals surface area contributed by atoms with Crippen LogP contribution in [0.4, 0.5) is 21.2 Å². The Morgan fingerprint density at radius 3 is 1.46 bits per heavy atom.